The summed E-state index contributed by atoms with van der Waals surface area (Å²) in [6.07, 6.45) is 58.7. The number of rotatable bonds is 36. The van der Waals surface area contributed by atoms with Crippen molar-refractivity contribution in [3.05, 3.63) is 37.4 Å². The minimum atomic E-state index is 1.17. The number of imidazole rings is 2. The van der Waals surface area contributed by atoms with Crippen molar-refractivity contribution in [2.24, 2.45) is 0 Å². The highest BCUT2D eigenvalue weighted by molar-refractivity contribution is 4.67. The number of nitrogens with zero attached hydrogens (tertiary/aromatic N) is 4. The maximum absolute atomic E-state index is 2.38. The molecule has 2 rings (SSSR count). The van der Waals surface area contributed by atoms with Crippen molar-refractivity contribution in [2.45, 2.75) is 259 Å². The summed E-state index contributed by atoms with van der Waals surface area (Å²) in [4.78, 5) is 0. The van der Waals surface area contributed by atoms with Crippen molar-refractivity contribution in [3.63, 3.8) is 0 Å². The quantitative estimate of drug-likeness (QED) is 0.0498. The highest BCUT2D eigenvalue weighted by Crippen LogP contribution is 2.13. The van der Waals surface area contributed by atoms with E-state index in [2.05, 4.69) is 83.4 Å². The molecule has 0 saturated carbocycles. The summed E-state index contributed by atoms with van der Waals surface area (Å²) in [6.45, 7) is 13.9. The Balaban J connectivity index is 0.000000506. The first kappa shape index (κ1) is 46.4. The largest absolute Gasteiger partial charge is 0.243 e. The van der Waals surface area contributed by atoms with Crippen LogP contribution in [0, 0.1) is 0 Å². The van der Waals surface area contributed by atoms with Crippen LogP contribution in [0.15, 0.2) is 37.4 Å². The van der Waals surface area contributed by atoms with Crippen LogP contribution >= 0.6 is 0 Å². The summed E-state index contributed by atoms with van der Waals surface area (Å²) >= 11 is 0. The van der Waals surface area contributed by atoms with Gasteiger partial charge in [0.05, 0.1) is 26.2 Å². The second-order valence-corrected chi connectivity index (χ2v) is 15.7. The second kappa shape index (κ2) is 37.2. The van der Waals surface area contributed by atoms with E-state index in [-0.39, 0.29) is 0 Å². The van der Waals surface area contributed by atoms with Gasteiger partial charge in [-0.25, -0.2) is 18.3 Å². The highest BCUT2D eigenvalue weighted by atomic mass is 15.1. The summed E-state index contributed by atoms with van der Waals surface area (Å²) in [5.41, 5.74) is 0. The zero-order valence-electron chi connectivity index (χ0n) is 34.7. The highest BCUT2D eigenvalue weighted by Gasteiger charge is 2.04. The Morgan fingerprint density at radius 3 is 0.880 bits per heavy atom. The van der Waals surface area contributed by atoms with Crippen molar-refractivity contribution in [3.8, 4) is 0 Å². The van der Waals surface area contributed by atoms with Gasteiger partial charge in [-0.15, -0.1) is 0 Å². The van der Waals surface area contributed by atoms with Gasteiger partial charge in [0.15, 0.2) is 0 Å². The molecule has 0 amide bonds. The smallest absolute Gasteiger partial charge is 0.237 e. The molecule has 0 fully saturated rings. The Kier molecular flexibility index (Phi) is 34.5. The molecule has 2 aromatic rings. The fraction of sp³-hybridized carbons (Fsp3) is 0.870. The topological polar surface area (TPSA) is 17.6 Å². The van der Waals surface area contributed by atoms with Gasteiger partial charge in [0.1, 0.15) is 24.8 Å². The number of aromatic nitrogens is 4. The Morgan fingerprint density at radius 1 is 0.300 bits per heavy atom. The fourth-order valence-corrected chi connectivity index (χ4v) is 7.09. The molecule has 0 aliphatic heterocycles. The standard InChI is InChI=1S/C25H49N2.C21H41N2/c1-3-5-7-9-11-12-13-14-15-16-18-20-22-27-24-23-26(25-27)21-19-17-10-8-6-4-2;1-3-5-7-8-9-10-11-12-13-14-15-16-18-23-20-19-22(21-23)17-6-4-2/h23-25H,3-22H2,1-2H3;19-21H,3-18H2,1-2H3/q2*+1. The van der Waals surface area contributed by atoms with Crippen LogP contribution in [0.4, 0.5) is 0 Å². The molecule has 0 spiro atoms. The number of hydrogen-bond acceptors (Lipinski definition) is 0. The first-order valence-corrected chi connectivity index (χ1v) is 22.8. The number of unbranched alkanes of at least 4 members (excludes halogenated alkanes) is 28. The van der Waals surface area contributed by atoms with Crippen molar-refractivity contribution in [2.75, 3.05) is 0 Å². The predicted molar refractivity (Wildman–Crippen MR) is 220 cm³/mol. The van der Waals surface area contributed by atoms with E-state index in [1.165, 1.54) is 232 Å². The molecule has 0 aromatic carbocycles. The molecule has 0 unspecified atom stereocenters. The molecule has 0 atom stereocenters. The van der Waals surface area contributed by atoms with Crippen LogP contribution in [-0.2, 0) is 26.2 Å². The SMILES string of the molecule is CCCCCCCCCCCCCC[n+]1ccn(CCCC)c1.CCCCCCCCCCCCCC[n+]1ccn(CCCCCCCC)c1. The molecule has 0 aliphatic rings. The Hall–Kier alpha value is -1.58. The van der Waals surface area contributed by atoms with Crippen LogP contribution < -0.4 is 9.13 Å². The minimum absolute atomic E-state index is 1.17. The minimum Gasteiger partial charge on any atom is -0.237 e. The van der Waals surface area contributed by atoms with Crippen LogP contribution in [0.3, 0.4) is 0 Å². The van der Waals surface area contributed by atoms with Crippen molar-refractivity contribution < 1.29 is 9.13 Å². The third-order valence-electron chi connectivity index (χ3n) is 10.6. The van der Waals surface area contributed by atoms with Crippen molar-refractivity contribution in [1.29, 1.82) is 0 Å². The number of aryl methyl sites for hydroxylation is 4. The predicted octanol–water partition coefficient (Wildman–Crippen LogP) is 14.1. The molecule has 4 heteroatoms. The zero-order valence-corrected chi connectivity index (χ0v) is 34.7. The molecule has 0 saturated heterocycles. The van der Waals surface area contributed by atoms with E-state index < -0.39 is 0 Å². The van der Waals surface area contributed by atoms with Gasteiger partial charge in [0, 0.05) is 0 Å². The summed E-state index contributed by atoms with van der Waals surface area (Å²) in [7, 11) is 0. The number of hydrogen-bond donors (Lipinski definition) is 0. The lowest BCUT2D eigenvalue weighted by Crippen LogP contribution is -2.30. The molecule has 0 radical (unpaired) electrons. The normalized spacial score (nSPS) is 11.3. The first-order valence-electron chi connectivity index (χ1n) is 22.8. The van der Waals surface area contributed by atoms with Crippen LogP contribution in [0.25, 0.3) is 0 Å². The lowest BCUT2D eigenvalue weighted by molar-refractivity contribution is -0.697. The third kappa shape index (κ3) is 30.1. The molecule has 0 bridgehead atoms. The van der Waals surface area contributed by atoms with Gasteiger partial charge in [-0.05, 0) is 44.9 Å². The lowest BCUT2D eigenvalue weighted by atomic mass is 10.1. The maximum Gasteiger partial charge on any atom is 0.243 e. The summed E-state index contributed by atoms with van der Waals surface area (Å²) in [6, 6.07) is 0. The van der Waals surface area contributed by atoms with E-state index in [1.54, 1.807) is 0 Å². The van der Waals surface area contributed by atoms with E-state index in [0.717, 1.165) is 0 Å². The lowest BCUT2D eigenvalue weighted by Gasteiger charge is -2.02. The average molecular weight is 699 g/mol. The molecule has 2 aromatic heterocycles. The second-order valence-electron chi connectivity index (χ2n) is 15.7. The van der Waals surface area contributed by atoms with Gasteiger partial charge < -0.3 is 0 Å². The Morgan fingerprint density at radius 2 is 0.560 bits per heavy atom. The molecule has 50 heavy (non-hydrogen) atoms. The van der Waals surface area contributed by atoms with E-state index in [4.69, 9.17) is 0 Å². The van der Waals surface area contributed by atoms with E-state index in [1.807, 2.05) is 0 Å². The Bertz CT molecular complexity index is 915. The van der Waals surface area contributed by atoms with E-state index in [0.29, 0.717) is 0 Å². The summed E-state index contributed by atoms with van der Waals surface area (Å²) in [5.74, 6) is 0. The fourth-order valence-electron chi connectivity index (χ4n) is 7.09. The zero-order chi connectivity index (χ0) is 36.0. The molecular formula is C46H90N4+2. The molecule has 292 valence electrons. The first-order chi connectivity index (χ1) is 24.7. The molecule has 4 nitrogen and oxygen atoms in total. The average Bonchev–Trinajstić information content (AvgIpc) is 3.79. The van der Waals surface area contributed by atoms with Crippen LogP contribution in [0.1, 0.15) is 233 Å². The summed E-state index contributed by atoms with van der Waals surface area (Å²) in [5, 5.41) is 0. The van der Waals surface area contributed by atoms with Crippen molar-refractivity contribution in [1.82, 2.24) is 9.13 Å². The van der Waals surface area contributed by atoms with Crippen LogP contribution in [0.5, 0.6) is 0 Å². The third-order valence-corrected chi connectivity index (χ3v) is 10.6. The van der Waals surface area contributed by atoms with Gasteiger partial charge in [-0.3, -0.25) is 0 Å². The monoisotopic (exact) mass is 699 g/mol. The van der Waals surface area contributed by atoms with Gasteiger partial charge >= 0.3 is 0 Å². The van der Waals surface area contributed by atoms with Crippen molar-refractivity contribution >= 4 is 0 Å². The van der Waals surface area contributed by atoms with E-state index in [9.17, 15) is 0 Å². The van der Waals surface area contributed by atoms with Gasteiger partial charge in [0.25, 0.3) is 0 Å². The molecule has 0 aliphatic carbocycles. The van der Waals surface area contributed by atoms with Crippen LogP contribution in [0.2, 0.25) is 0 Å². The summed E-state index contributed by atoms with van der Waals surface area (Å²) < 4.78 is 9.43. The molecule has 0 N–H and O–H groups in total. The maximum atomic E-state index is 2.38. The van der Waals surface area contributed by atoms with Crippen LogP contribution in [-0.4, -0.2) is 9.13 Å². The Labute approximate surface area is 314 Å². The van der Waals surface area contributed by atoms with Gasteiger partial charge in [0.2, 0.25) is 12.7 Å². The van der Waals surface area contributed by atoms with Gasteiger partial charge in [-0.2, -0.15) is 0 Å². The van der Waals surface area contributed by atoms with E-state index >= 15 is 0 Å². The molecule has 2 heterocycles. The molecular weight excluding hydrogens is 609 g/mol. The van der Waals surface area contributed by atoms with Gasteiger partial charge in [-0.1, -0.05) is 188 Å².